The highest BCUT2D eigenvalue weighted by molar-refractivity contribution is 9.10. The van der Waals surface area contributed by atoms with E-state index in [1.807, 2.05) is 18.2 Å². The second-order valence-corrected chi connectivity index (χ2v) is 5.90. The zero-order valence-electron chi connectivity index (χ0n) is 9.97. The van der Waals surface area contributed by atoms with Gasteiger partial charge in [-0.05, 0) is 39.4 Å². The van der Waals surface area contributed by atoms with Crippen LogP contribution < -0.4 is 5.32 Å². The van der Waals surface area contributed by atoms with Gasteiger partial charge in [-0.3, -0.25) is 0 Å². The molecule has 0 bridgehead atoms. The van der Waals surface area contributed by atoms with Crippen molar-refractivity contribution in [1.82, 2.24) is 5.32 Å². The van der Waals surface area contributed by atoms with Gasteiger partial charge in [0.1, 0.15) is 0 Å². The van der Waals surface area contributed by atoms with Gasteiger partial charge >= 0.3 is 0 Å². The van der Waals surface area contributed by atoms with Crippen LogP contribution in [0.15, 0.2) is 46.3 Å². The van der Waals surface area contributed by atoms with Crippen molar-refractivity contribution < 1.29 is 5.11 Å². The standard InChI is InChI=1S/C14H16BrNOS/c15-12-7-9-18-14(12)10-16-13(6-8-17)11-4-2-1-3-5-11/h1-5,7,9,13,16-17H,6,8,10H2. The lowest BCUT2D eigenvalue weighted by atomic mass is 10.0. The molecule has 18 heavy (non-hydrogen) atoms. The molecule has 0 saturated heterocycles. The van der Waals surface area contributed by atoms with Crippen LogP contribution in [0.2, 0.25) is 0 Å². The van der Waals surface area contributed by atoms with Gasteiger partial charge in [0.25, 0.3) is 0 Å². The molecule has 0 saturated carbocycles. The van der Waals surface area contributed by atoms with Gasteiger partial charge in [-0.25, -0.2) is 0 Å². The molecule has 0 amide bonds. The smallest absolute Gasteiger partial charge is 0.0449 e. The van der Waals surface area contributed by atoms with Crippen LogP contribution in [-0.2, 0) is 6.54 Å². The first-order valence-electron chi connectivity index (χ1n) is 5.92. The van der Waals surface area contributed by atoms with E-state index < -0.39 is 0 Å². The molecule has 2 nitrogen and oxygen atoms in total. The van der Waals surface area contributed by atoms with E-state index in [0.717, 1.165) is 17.4 Å². The highest BCUT2D eigenvalue weighted by Gasteiger charge is 2.11. The van der Waals surface area contributed by atoms with Crippen LogP contribution in [0.5, 0.6) is 0 Å². The normalized spacial score (nSPS) is 12.6. The molecule has 2 N–H and O–H groups in total. The third kappa shape index (κ3) is 3.65. The fourth-order valence-corrected chi connectivity index (χ4v) is 3.31. The molecule has 0 spiro atoms. The zero-order chi connectivity index (χ0) is 12.8. The van der Waals surface area contributed by atoms with E-state index in [4.69, 9.17) is 5.11 Å². The minimum Gasteiger partial charge on any atom is -0.396 e. The number of nitrogens with one attached hydrogen (secondary N) is 1. The van der Waals surface area contributed by atoms with Crippen molar-refractivity contribution in [3.05, 3.63) is 56.7 Å². The molecule has 1 heterocycles. The first-order chi connectivity index (χ1) is 8.81. The molecule has 1 atom stereocenters. The molecule has 0 aliphatic heterocycles. The van der Waals surface area contributed by atoms with Crippen LogP contribution in [0, 0.1) is 0 Å². The van der Waals surface area contributed by atoms with Gasteiger partial charge in [0.2, 0.25) is 0 Å². The van der Waals surface area contributed by atoms with Gasteiger partial charge in [0, 0.05) is 28.5 Å². The van der Waals surface area contributed by atoms with Crippen molar-refractivity contribution in [2.45, 2.75) is 19.0 Å². The number of aliphatic hydroxyl groups is 1. The molecule has 1 aromatic heterocycles. The molecule has 4 heteroatoms. The summed E-state index contributed by atoms with van der Waals surface area (Å²) in [4.78, 5) is 1.29. The number of aliphatic hydroxyl groups excluding tert-OH is 1. The Balaban J connectivity index is 2.01. The number of halogens is 1. The number of hydrogen-bond acceptors (Lipinski definition) is 3. The SMILES string of the molecule is OCCC(NCc1sccc1Br)c1ccccc1. The molecule has 0 fully saturated rings. The third-order valence-corrected chi connectivity index (χ3v) is 4.75. The van der Waals surface area contributed by atoms with Crippen LogP contribution >= 0.6 is 27.3 Å². The second-order valence-electron chi connectivity index (χ2n) is 4.05. The van der Waals surface area contributed by atoms with Crippen molar-refractivity contribution in [3.63, 3.8) is 0 Å². The molecule has 0 aliphatic rings. The molecule has 1 unspecified atom stereocenters. The van der Waals surface area contributed by atoms with Gasteiger partial charge in [0.05, 0.1) is 0 Å². The Morgan fingerprint density at radius 3 is 2.61 bits per heavy atom. The van der Waals surface area contributed by atoms with Crippen LogP contribution in [0.3, 0.4) is 0 Å². The van der Waals surface area contributed by atoms with Crippen LogP contribution in [0.25, 0.3) is 0 Å². The van der Waals surface area contributed by atoms with Crippen molar-refractivity contribution in [2.24, 2.45) is 0 Å². The van der Waals surface area contributed by atoms with Crippen molar-refractivity contribution >= 4 is 27.3 Å². The number of benzene rings is 1. The summed E-state index contributed by atoms with van der Waals surface area (Å²) in [5.74, 6) is 0. The summed E-state index contributed by atoms with van der Waals surface area (Å²) in [6.45, 7) is 1.01. The maximum absolute atomic E-state index is 9.16. The first-order valence-corrected chi connectivity index (χ1v) is 7.59. The summed E-state index contributed by atoms with van der Waals surface area (Å²) >= 11 is 5.27. The third-order valence-electron chi connectivity index (χ3n) is 2.82. The monoisotopic (exact) mass is 325 g/mol. The molecule has 96 valence electrons. The average Bonchev–Trinajstić information content (AvgIpc) is 2.81. The van der Waals surface area contributed by atoms with E-state index in [1.165, 1.54) is 10.4 Å². The van der Waals surface area contributed by atoms with E-state index in [9.17, 15) is 0 Å². The highest BCUT2D eigenvalue weighted by atomic mass is 79.9. The molecule has 2 aromatic rings. The lowest BCUT2D eigenvalue weighted by molar-refractivity contribution is 0.265. The lowest BCUT2D eigenvalue weighted by Crippen LogP contribution is -2.21. The van der Waals surface area contributed by atoms with Gasteiger partial charge < -0.3 is 10.4 Å². The van der Waals surface area contributed by atoms with Crippen molar-refractivity contribution in [2.75, 3.05) is 6.61 Å². The Morgan fingerprint density at radius 1 is 1.22 bits per heavy atom. The maximum Gasteiger partial charge on any atom is 0.0449 e. The summed E-state index contributed by atoms with van der Waals surface area (Å²) in [5.41, 5.74) is 1.22. The first kappa shape index (κ1) is 13.7. The summed E-state index contributed by atoms with van der Waals surface area (Å²) in [5, 5.41) is 14.7. The molecular weight excluding hydrogens is 310 g/mol. The Labute approximate surface area is 120 Å². The Kier molecular flexibility index (Phi) is 5.38. The molecular formula is C14H16BrNOS. The topological polar surface area (TPSA) is 32.3 Å². The lowest BCUT2D eigenvalue weighted by Gasteiger charge is -2.18. The predicted molar refractivity (Wildman–Crippen MR) is 79.7 cm³/mol. The van der Waals surface area contributed by atoms with Crippen LogP contribution in [0.1, 0.15) is 22.9 Å². The zero-order valence-corrected chi connectivity index (χ0v) is 12.4. The predicted octanol–water partition coefficient (Wildman–Crippen LogP) is 3.72. The number of rotatable bonds is 6. The average molecular weight is 326 g/mol. The summed E-state index contributed by atoms with van der Waals surface area (Å²) in [6, 6.07) is 12.5. The van der Waals surface area contributed by atoms with Gasteiger partial charge in [-0.2, -0.15) is 0 Å². The van der Waals surface area contributed by atoms with Gasteiger partial charge in [0.15, 0.2) is 0 Å². The maximum atomic E-state index is 9.16. The van der Waals surface area contributed by atoms with Gasteiger partial charge in [-0.15, -0.1) is 11.3 Å². The minimum absolute atomic E-state index is 0.193. The van der Waals surface area contributed by atoms with Crippen molar-refractivity contribution in [1.29, 1.82) is 0 Å². The van der Waals surface area contributed by atoms with E-state index in [1.54, 1.807) is 11.3 Å². The summed E-state index contributed by atoms with van der Waals surface area (Å²) < 4.78 is 1.15. The van der Waals surface area contributed by atoms with Gasteiger partial charge in [-0.1, -0.05) is 30.3 Å². The fourth-order valence-electron chi connectivity index (χ4n) is 1.87. The Morgan fingerprint density at radius 2 is 2.00 bits per heavy atom. The Bertz CT molecular complexity index is 472. The quantitative estimate of drug-likeness (QED) is 0.848. The van der Waals surface area contributed by atoms with E-state index in [2.05, 4.69) is 44.8 Å². The van der Waals surface area contributed by atoms with E-state index in [0.29, 0.717) is 0 Å². The second kappa shape index (κ2) is 7.04. The molecule has 1 aromatic carbocycles. The van der Waals surface area contributed by atoms with E-state index >= 15 is 0 Å². The minimum atomic E-state index is 0.193. The summed E-state index contributed by atoms with van der Waals surface area (Å²) in [6.07, 6.45) is 0.729. The number of thiophene rings is 1. The fraction of sp³-hybridized carbons (Fsp3) is 0.286. The molecule has 0 aliphatic carbocycles. The van der Waals surface area contributed by atoms with Crippen LogP contribution in [-0.4, -0.2) is 11.7 Å². The number of hydrogen-bond donors (Lipinski definition) is 2. The highest BCUT2D eigenvalue weighted by Crippen LogP contribution is 2.24. The molecule has 0 radical (unpaired) electrons. The molecule has 2 rings (SSSR count). The van der Waals surface area contributed by atoms with Crippen molar-refractivity contribution in [3.8, 4) is 0 Å². The Hall–Kier alpha value is -0.680. The van der Waals surface area contributed by atoms with E-state index in [-0.39, 0.29) is 12.6 Å². The largest absolute Gasteiger partial charge is 0.396 e. The van der Waals surface area contributed by atoms with Crippen LogP contribution in [0.4, 0.5) is 0 Å². The summed E-state index contributed by atoms with van der Waals surface area (Å²) in [7, 11) is 0.